The van der Waals surface area contributed by atoms with Crippen molar-refractivity contribution in [1.82, 2.24) is 10.2 Å². The summed E-state index contributed by atoms with van der Waals surface area (Å²) in [5.41, 5.74) is 0.937. The molecule has 2 rings (SSSR count). The number of benzene rings is 1. The molecule has 0 aliphatic carbocycles. The lowest BCUT2D eigenvalue weighted by Gasteiger charge is -2.10. The summed E-state index contributed by atoms with van der Waals surface area (Å²) in [5.74, 6) is -0.105. The first-order chi connectivity index (χ1) is 11.4. The van der Waals surface area contributed by atoms with E-state index in [0.717, 1.165) is 6.42 Å². The number of rotatable bonds is 5. The van der Waals surface area contributed by atoms with Crippen molar-refractivity contribution in [3.05, 3.63) is 39.5 Å². The van der Waals surface area contributed by atoms with Gasteiger partial charge in [-0.3, -0.25) is 14.5 Å². The van der Waals surface area contributed by atoms with Crippen molar-refractivity contribution >= 4 is 58.0 Å². The molecule has 1 aromatic rings. The molecular weight excluding hydrogens is 369 g/mol. The fraction of sp³-hybridized carbons (Fsp3) is 0.312. The van der Waals surface area contributed by atoms with Crippen LogP contribution in [0, 0.1) is 0 Å². The molecule has 24 heavy (non-hydrogen) atoms. The number of likely N-dealkylation sites (N-methyl/N-ethyl adjacent to an activating group) is 1. The van der Waals surface area contributed by atoms with Gasteiger partial charge in [0.2, 0.25) is 5.91 Å². The Labute approximate surface area is 155 Å². The average molecular weight is 386 g/mol. The van der Waals surface area contributed by atoms with Crippen LogP contribution in [-0.2, 0) is 9.59 Å². The molecule has 0 radical (unpaired) electrons. The maximum Gasteiger partial charge on any atom is 0.278 e. The summed E-state index contributed by atoms with van der Waals surface area (Å²) in [5, 5.41) is 4.24. The van der Waals surface area contributed by atoms with E-state index in [4.69, 9.17) is 23.2 Å². The summed E-state index contributed by atoms with van der Waals surface area (Å²) >= 11 is 13.2. The zero-order valence-electron chi connectivity index (χ0n) is 13.3. The molecule has 128 valence electrons. The van der Waals surface area contributed by atoms with E-state index in [0.29, 0.717) is 27.3 Å². The molecule has 1 aliphatic rings. The van der Waals surface area contributed by atoms with E-state index in [1.54, 1.807) is 31.3 Å². The molecule has 1 aliphatic heterocycles. The number of hydrogen-bond donors (Lipinski definition) is 1. The first kappa shape index (κ1) is 18.8. The van der Waals surface area contributed by atoms with Crippen molar-refractivity contribution in [2.24, 2.45) is 4.99 Å². The number of thioether (sulfide) groups is 1. The number of nitrogens with one attached hydrogen (secondary N) is 1. The van der Waals surface area contributed by atoms with Gasteiger partial charge in [-0.15, -0.1) is 0 Å². The molecular formula is C16H17Cl2N3O2S. The Morgan fingerprint density at radius 2 is 2.17 bits per heavy atom. The number of aliphatic imine (C=N–C) groups is 1. The highest BCUT2D eigenvalue weighted by molar-refractivity contribution is 8.14. The number of nitrogens with zero attached hydrogens (tertiary/aromatic N) is 2. The van der Waals surface area contributed by atoms with Crippen molar-refractivity contribution in [3.63, 3.8) is 0 Å². The third-order valence-electron chi connectivity index (χ3n) is 3.19. The van der Waals surface area contributed by atoms with Crippen LogP contribution in [0.15, 0.2) is 28.9 Å². The predicted octanol–water partition coefficient (Wildman–Crippen LogP) is 3.42. The second kappa shape index (κ2) is 8.55. The van der Waals surface area contributed by atoms with E-state index < -0.39 is 0 Å². The number of amidine groups is 1. The fourth-order valence-corrected chi connectivity index (χ4v) is 3.18. The minimum Gasteiger partial charge on any atom is -0.355 e. The van der Waals surface area contributed by atoms with E-state index in [9.17, 15) is 9.59 Å². The number of amides is 2. The maximum absolute atomic E-state index is 12.3. The third-order valence-corrected chi connectivity index (χ3v) is 4.78. The van der Waals surface area contributed by atoms with Gasteiger partial charge in [0, 0.05) is 23.6 Å². The number of halogens is 2. The lowest BCUT2D eigenvalue weighted by atomic mass is 10.2. The molecule has 0 spiro atoms. The van der Waals surface area contributed by atoms with E-state index >= 15 is 0 Å². The topological polar surface area (TPSA) is 61.8 Å². The zero-order valence-corrected chi connectivity index (χ0v) is 15.6. The second-order valence-corrected chi connectivity index (χ2v) is 6.88. The van der Waals surface area contributed by atoms with Crippen LogP contribution in [0.1, 0.15) is 18.9 Å². The number of carbonyl (C=O) groups excluding carboxylic acids is 2. The summed E-state index contributed by atoms with van der Waals surface area (Å²) < 4.78 is 0. The van der Waals surface area contributed by atoms with Gasteiger partial charge in [-0.2, -0.15) is 0 Å². The first-order valence-corrected chi connectivity index (χ1v) is 9.09. The van der Waals surface area contributed by atoms with Crippen LogP contribution in [0.5, 0.6) is 0 Å². The quantitative estimate of drug-likeness (QED) is 0.789. The van der Waals surface area contributed by atoms with Crippen molar-refractivity contribution in [2.45, 2.75) is 13.3 Å². The highest BCUT2D eigenvalue weighted by atomic mass is 35.5. The molecule has 1 heterocycles. The molecule has 1 aromatic carbocycles. The molecule has 0 aromatic heterocycles. The Bertz CT molecular complexity index is 719. The molecule has 0 atom stereocenters. The average Bonchev–Trinajstić information content (AvgIpc) is 2.81. The molecule has 8 heteroatoms. The van der Waals surface area contributed by atoms with Crippen LogP contribution < -0.4 is 5.32 Å². The van der Waals surface area contributed by atoms with Gasteiger partial charge in [-0.1, -0.05) is 48.0 Å². The van der Waals surface area contributed by atoms with Crippen molar-refractivity contribution in [3.8, 4) is 0 Å². The lowest BCUT2D eigenvalue weighted by molar-refractivity contribution is -0.121. The van der Waals surface area contributed by atoms with E-state index in [-0.39, 0.29) is 23.3 Å². The van der Waals surface area contributed by atoms with Crippen LogP contribution in [0.4, 0.5) is 0 Å². The molecule has 5 nitrogen and oxygen atoms in total. The SMILES string of the molecule is CCCNC(=O)CSC1=NC(=Cc2ccc(Cl)cc2Cl)C(=O)N1C. The summed E-state index contributed by atoms with van der Waals surface area (Å²) in [6, 6.07) is 5.03. The molecule has 0 saturated heterocycles. The van der Waals surface area contributed by atoms with E-state index in [2.05, 4.69) is 10.3 Å². The summed E-state index contributed by atoms with van der Waals surface area (Å²) in [4.78, 5) is 29.7. The minimum absolute atomic E-state index is 0.0800. The van der Waals surface area contributed by atoms with Gasteiger partial charge in [0.1, 0.15) is 5.70 Å². The van der Waals surface area contributed by atoms with Crippen molar-refractivity contribution < 1.29 is 9.59 Å². The molecule has 1 N–H and O–H groups in total. The third kappa shape index (κ3) is 4.75. The van der Waals surface area contributed by atoms with Gasteiger partial charge in [0.15, 0.2) is 5.17 Å². The zero-order chi connectivity index (χ0) is 17.7. The molecule has 0 bridgehead atoms. The predicted molar refractivity (Wildman–Crippen MR) is 100 cm³/mol. The van der Waals surface area contributed by atoms with Crippen LogP contribution in [-0.4, -0.2) is 41.2 Å². The van der Waals surface area contributed by atoms with Crippen molar-refractivity contribution in [2.75, 3.05) is 19.3 Å². The minimum atomic E-state index is -0.238. The smallest absolute Gasteiger partial charge is 0.278 e. The number of carbonyl (C=O) groups is 2. The Hall–Kier alpha value is -1.50. The second-order valence-electron chi connectivity index (χ2n) is 5.09. The maximum atomic E-state index is 12.3. The van der Waals surface area contributed by atoms with Gasteiger partial charge in [0.05, 0.1) is 5.75 Å². The highest BCUT2D eigenvalue weighted by Crippen LogP contribution is 2.27. The van der Waals surface area contributed by atoms with Gasteiger partial charge in [-0.25, -0.2) is 4.99 Å². The first-order valence-electron chi connectivity index (χ1n) is 7.35. The van der Waals surface area contributed by atoms with Gasteiger partial charge >= 0.3 is 0 Å². The fourth-order valence-electron chi connectivity index (χ4n) is 1.92. The molecule has 0 saturated carbocycles. The molecule has 0 fully saturated rings. The van der Waals surface area contributed by atoms with Crippen molar-refractivity contribution in [1.29, 1.82) is 0 Å². The summed E-state index contributed by atoms with van der Waals surface area (Å²) in [6.07, 6.45) is 2.49. The summed E-state index contributed by atoms with van der Waals surface area (Å²) in [6.45, 7) is 2.63. The largest absolute Gasteiger partial charge is 0.355 e. The van der Waals surface area contributed by atoms with Crippen LogP contribution in [0.25, 0.3) is 6.08 Å². The lowest BCUT2D eigenvalue weighted by Crippen LogP contribution is -2.29. The number of hydrogen-bond acceptors (Lipinski definition) is 4. The van der Waals surface area contributed by atoms with Gasteiger partial charge in [-0.05, 0) is 30.2 Å². The Kier molecular flexibility index (Phi) is 6.71. The summed E-state index contributed by atoms with van der Waals surface area (Å²) in [7, 11) is 1.63. The van der Waals surface area contributed by atoms with Gasteiger partial charge < -0.3 is 5.32 Å². The van der Waals surface area contributed by atoms with Crippen LogP contribution in [0.3, 0.4) is 0 Å². The van der Waals surface area contributed by atoms with E-state index in [1.165, 1.54) is 16.7 Å². The van der Waals surface area contributed by atoms with Crippen LogP contribution in [0.2, 0.25) is 10.0 Å². The highest BCUT2D eigenvalue weighted by Gasteiger charge is 2.27. The normalized spacial score (nSPS) is 15.8. The van der Waals surface area contributed by atoms with Gasteiger partial charge in [0.25, 0.3) is 5.91 Å². The standard InChI is InChI=1S/C16H17Cl2N3O2S/c1-3-6-19-14(22)9-24-16-20-13(15(23)21(16)2)7-10-4-5-11(17)8-12(10)18/h4-5,7-8H,3,6,9H2,1-2H3,(H,19,22). The van der Waals surface area contributed by atoms with E-state index in [1.807, 2.05) is 6.92 Å². The monoisotopic (exact) mass is 385 g/mol. The molecule has 2 amide bonds. The molecule has 0 unspecified atom stereocenters. The Morgan fingerprint density at radius 3 is 2.83 bits per heavy atom. The Balaban J connectivity index is 2.11. The van der Waals surface area contributed by atoms with Crippen LogP contribution >= 0.6 is 35.0 Å². The Morgan fingerprint density at radius 1 is 1.42 bits per heavy atom.